The van der Waals surface area contributed by atoms with E-state index in [9.17, 15) is 31.9 Å². The Morgan fingerprint density at radius 1 is 0.923 bits per heavy atom. The van der Waals surface area contributed by atoms with Crippen molar-refractivity contribution in [3.63, 3.8) is 0 Å². The summed E-state index contributed by atoms with van der Waals surface area (Å²) in [4.78, 5) is 46.9. The third-order valence-electron chi connectivity index (χ3n) is 7.34. The molecule has 14 nitrogen and oxygen atoms in total. The summed E-state index contributed by atoms with van der Waals surface area (Å²) < 4.78 is 75.6. The Morgan fingerprint density at radius 3 is 2.23 bits per heavy atom. The number of nitrogens with two attached hydrogens (primary N) is 1. The van der Waals surface area contributed by atoms with Crippen molar-refractivity contribution < 1.29 is 55.7 Å². The molecule has 0 atom stereocenters. The summed E-state index contributed by atoms with van der Waals surface area (Å²) in [6.07, 6.45) is 6.54. The number of rotatable bonds is 24. The van der Waals surface area contributed by atoms with Gasteiger partial charge in [-0.1, -0.05) is 6.92 Å². The first kappa shape index (κ1) is 42.0. The fourth-order valence-electron chi connectivity index (χ4n) is 4.83. The summed E-state index contributed by atoms with van der Waals surface area (Å²) in [6.45, 7) is 6.49. The number of amides is 2. The Bertz CT molecular complexity index is 1520. The molecule has 0 unspecified atom stereocenters. The van der Waals surface area contributed by atoms with Crippen molar-refractivity contribution in [3.8, 4) is 5.75 Å². The van der Waals surface area contributed by atoms with Crippen LogP contribution in [0.2, 0.25) is 0 Å². The highest BCUT2D eigenvalue weighted by Gasteiger charge is 2.24. The monoisotopic (exact) mass is 742 g/mol. The molecular formula is C34H46F4N6O8. The van der Waals surface area contributed by atoms with Crippen LogP contribution in [0.15, 0.2) is 22.8 Å². The predicted molar refractivity (Wildman–Crippen MR) is 180 cm³/mol. The number of halogens is 4. The highest BCUT2D eigenvalue weighted by atomic mass is 19.2. The minimum Gasteiger partial charge on any atom is -0.420 e. The van der Waals surface area contributed by atoms with Crippen LogP contribution in [0.4, 0.5) is 23.2 Å². The molecule has 52 heavy (non-hydrogen) atoms. The van der Waals surface area contributed by atoms with Gasteiger partial charge in [-0.05, 0) is 38.7 Å². The van der Waals surface area contributed by atoms with Gasteiger partial charge in [-0.2, -0.15) is 13.9 Å². The molecule has 1 aromatic carbocycles. The van der Waals surface area contributed by atoms with Crippen molar-refractivity contribution in [2.24, 2.45) is 10.7 Å². The van der Waals surface area contributed by atoms with E-state index in [1.165, 1.54) is 5.06 Å². The van der Waals surface area contributed by atoms with Gasteiger partial charge < -0.3 is 30.0 Å². The molecule has 1 aliphatic heterocycles. The van der Waals surface area contributed by atoms with Gasteiger partial charge in [0.15, 0.2) is 11.6 Å². The van der Waals surface area contributed by atoms with Gasteiger partial charge >= 0.3 is 5.97 Å². The number of amidine groups is 1. The smallest absolute Gasteiger partial charge is 0.313 e. The number of fused-ring (bicyclic) bond motifs is 1. The molecule has 0 saturated carbocycles. The van der Waals surface area contributed by atoms with E-state index in [1.54, 1.807) is 17.0 Å². The van der Waals surface area contributed by atoms with Crippen LogP contribution in [0.5, 0.6) is 5.75 Å². The molecular weight excluding hydrogens is 696 g/mol. The molecule has 3 N–H and O–H groups in total. The van der Waals surface area contributed by atoms with Crippen molar-refractivity contribution in [2.75, 3.05) is 59.3 Å². The quantitative estimate of drug-likeness (QED) is 0.0399. The number of hydrogen-bond acceptors (Lipinski definition) is 11. The number of aromatic nitrogens is 2. The number of aliphatic imine (C=N–C) groups is 1. The van der Waals surface area contributed by atoms with Crippen LogP contribution in [0.25, 0.3) is 6.08 Å². The maximum absolute atomic E-state index is 13.6. The molecule has 18 heteroatoms. The zero-order valence-electron chi connectivity index (χ0n) is 29.4. The zero-order valence-corrected chi connectivity index (χ0v) is 29.4. The van der Waals surface area contributed by atoms with E-state index in [-0.39, 0.29) is 70.4 Å². The minimum atomic E-state index is -1.81. The van der Waals surface area contributed by atoms with Crippen LogP contribution in [0.1, 0.15) is 64.5 Å². The first-order valence-corrected chi connectivity index (χ1v) is 17.1. The molecule has 2 amide bonds. The third kappa shape index (κ3) is 13.6. The number of aryl methyl sites for hydroxylation is 1. The summed E-state index contributed by atoms with van der Waals surface area (Å²) in [5.41, 5.74) is 7.89. The highest BCUT2D eigenvalue weighted by Crippen LogP contribution is 2.28. The van der Waals surface area contributed by atoms with Gasteiger partial charge in [-0.3, -0.25) is 23.9 Å². The Labute approximate surface area is 299 Å². The second-order valence-electron chi connectivity index (χ2n) is 11.4. The number of esters is 1. The first-order chi connectivity index (χ1) is 25.0. The van der Waals surface area contributed by atoms with E-state index < -0.39 is 41.4 Å². The molecule has 0 spiro atoms. The number of benzene rings is 1. The van der Waals surface area contributed by atoms with Crippen molar-refractivity contribution in [3.05, 3.63) is 46.8 Å². The number of hydrogen-bond donors (Lipinski definition) is 2. The molecule has 0 bridgehead atoms. The Hall–Kier alpha value is -4.39. The Morgan fingerprint density at radius 2 is 1.58 bits per heavy atom. The van der Waals surface area contributed by atoms with Gasteiger partial charge in [-0.15, -0.1) is 0 Å². The minimum absolute atomic E-state index is 0.00939. The fourth-order valence-corrected chi connectivity index (χ4v) is 4.83. The molecule has 3 rings (SSSR count). The van der Waals surface area contributed by atoms with Crippen LogP contribution >= 0.6 is 0 Å². The molecule has 2 heterocycles. The Kier molecular flexibility index (Phi) is 18.2. The second-order valence-corrected chi connectivity index (χ2v) is 11.4. The number of carbonyl (C=O) groups excluding carboxylic acids is 3. The molecule has 288 valence electrons. The number of nitrogens with zero attached hydrogens (tertiary/aromatic N) is 4. The highest BCUT2D eigenvalue weighted by molar-refractivity contribution is 6.04. The lowest BCUT2D eigenvalue weighted by molar-refractivity contribution is -0.180. The summed E-state index contributed by atoms with van der Waals surface area (Å²) in [6, 6.07) is 0.00939. The number of carbonyl (C=O) groups is 3. The van der Waals surface area contributed by atoms with E-state index >= 15 is 0 Å². The van der Waals surface area contributed by atoms with Crippen molar-refractivity contribution in [1.82, 2.24) is 20.2 Å². The van der Waals surface area contributed by atoms with Gasteiger partial charge in [-0.25, -0.2) is 18.8 Å². The van der Waals surface area contributed by atoms with E-state index in [0.29, 0.717) is 49.0 Å². The molecule has 0 saturated heterocycles. The average Bonchev–Trinajstić information content (AvgIpc) is 3.39. The summed E-state index contributed by atoms with van der Waals surface area (Å²) in [7, 11) is 0. The van der Waals surface area contributed by atoms with Gasteiger partial charge in [0, 0.05) is 44.1 Å². The maximum Gasteiger partial charge on any atom is 0.313 e. The van der Waals surface area contributed by atoms with Crippen LogP contribution in [0, 0.1) is 23.3 Å². The largest absolute Gasteiger partial charge is 0.420 e. The molecule has 0 radical (unpaired) electrons. The summed E-state index contributed by atoms with van der Waals surface area (Å²) in [5.74, 6) is -9.63. The molecule has 0 fully saturated rings. The van der Waals surface area contributed by atoms with Gasteiger partial charge in [0.25, 0.3) is 5.91 Å². The maximum atomic E-state index is 13.6. The Balaban J connectivity index is 1.20. The van der Waals surface area contributed by atoms with Crippen LogP contribution < -0.4 is 15.8 Å². The van der Waals surface area contributed by atoms with Gasteiger partial charge in [0.05, 0.1) is 64.6 Å². The topological polar surface area (TPSA) is 169 Å². The molecule has 2 aromatic rings. The predicted octanol–water partition coefficient (Wildman–Crippen LogP) is 4.13. The number of hydroxylamine groups is 2. The van der Waals surface area contributed by atoms with E-state index in [4.69, 9.17) is 24.8 Å². The number of nitrogens with one attached hydrogen (secondary N) is 1. The number of unbranched alkanes of at least 4 members (excludes halogenated alkanes) is 2. The standard InChI is InChI=1S/C34H46F4N6O8/c1-3-11-44(51-4-2)34(47)23-19-27-26(42-28(39)20-23)22-41-43(27)12-7-5-6-10-40-29(45)8-13-48-15-17-50-18-16-49-14-9-30(46)52-33-31(37)24(35)21-25(36)32(33)38/h19,21-22H,3-18,20H2,1-2H3,(H2,39,42)(H,40,45). The lowest BCUT2D eigenvalue weighted by Crippen LogP contribution is -2.34. The molecule has 0 aliphatic carbocycles. The van der Waals surface area contributed by atoms with E-state index in [0.717, 1.165) is 25.7 Å². The summed E-state index contributed by atoms with van der Waals surface area (Å²) >= 11 is 0. The second kappa shape index (κ2) is 22.5. The van der Waals surface area contributed by atoms with Crippen molar-refractivity contribution in [1.29, 1.82) is 0 Å². The van der Waals surface area contributed by atoms with Crippen LogP contribution in [0.3, 0.4) is 0 Å². The lowest BCUT2D eigenvalue weighted by Gasteiger charge is -2.21. The van der Waals surface area contributed by atoms with Crippen LogP contribution in [-0.2, 0) is 40.0 Å². The normalized spacial score (nSPS) is 12.5. The van der Waals surface area contributed by atoms with E-state index in [2.05, 4.69) is 20.1 Å². The molecule has 1 aliphatic rings. The fraction of sp³-hybridized carbons (Fsp3) is 0.559. The van der Waals surface area contributed by atoms with Crippen LogP contribution in [-0.4, -0.2) is 97.8 Å². The lowest BCUT2D eigenvalue weighted by atomic mass is 10.1. The van der Waals surface area contributed by atoms with Gasteiger partial charge in [0.2, 0.25) is 23.3 Å². The van der Waals surface area contributed by atoms with Crippen molar-refractivity contribution in [2.45, 2.75) is 65.3 Å². The first-order valence-electron chi connectivity index (χ1n) is 17.1. The van der Waals surface area contributed by atoms with Gasteiger partial charge in [0.1, 0.15) is 11.5 Å². The third-order valence-corrected chi connectivity index (χ3v) is 7.34. The summed E-state index contributed by atoms with van der Waals surface area (Å²) in [5, 5.41) is 8.66. The number of ether oxygens (including phenoxy) is 4. The SMILES string of the molecule is CCCN(OCC)C(=O)C1=Cc2c(cnn2CCCCCNC(=O)CCOCCOCCOCCC(=O)Oc2c(F)c(F)cc(F)c2F)N=C(N)C1. The average molecular weight is 743 g/mol. The zero-order chi connectivity index (χ0) is 37.9. The van der Waals surface area contributed by atoms with E-state index in [1.807, 2.05) is 13.8 Å². The molecule has 1 aromatic heterocycles. The van der Waals surface area contributed by atoms with Crippen molar-refractivity contribution >= 4 is 35.4 Å².